The van der Waals surface area contributed by atoms with Gasteiger partial charge in [-0.05, 0) is 68.6 Å². The molecule has 21 heavy (non-hydrogen) atoms. The number of carbonyl (C=O) groups excluding carboxylic acids is 1. The van der Waals surface area contributed by atoms with Crippen molar-refractivity contribution in [3.63, 3.8) is 0 Å². The maximum atomic E-state index is 10.9. The van der Waals surface area contributed by atoms with Gasteiger partial charge in [0.05, 0.1) is 12.1 Å². The van der Waals surface area contributed by atoms with Crippen molar-refractivity contribution in [1.82, 2.24) is 0 Å². The molecule has 3 nitrogen and oxygen atoms in total. The molecule has 1 aromatic rings. The van der Waals surface area contributed by atoms with E-state index in [1.54, 1.807) is 13.2 Å². The number of benzene rings is 1. The van der Waals surface area contributed by atoms with Crippen molar-refractivity contribution in [2.45, 2.75) is 57.4 Å². The minimum Gasteiger partial charge on any atom is -0.495 e. The van der Waals surface area contributed by atoms with Gasteiger partial charge in [0, 0.05) is 5.56 Å². The molecule has 0 saturated heterocycles. The van der Waals surface area contributed by atoms with E-state index in [1.807, 2.05) is 0 Å². The molecule has 112 valence electrons. The molecule has 0 unspecified atom stereocenters. The van der Waals surface area contributed by atoms with E-state index in [2.05, 4.69) is 11.9 Å². The molecule has 1 aromatic carbocycles. The van der Waals surface area contributed by atoms with Gasteiger partial charge in [0.15, 0.2) is 0 Å². The third-order valence-electron chi connectivity index (χ3n) is 5.10. The van der Waals surface area contributed by atoms with E-state index in [9.17, 15) is 4.79 Å². The Bertz CT molecular complexity index is 628. The maximum Gasteiger partial charge on any atom is 0.235 e. The highest BCUT2D eigenvalue weighted by atomic mass is 35.5. The highest BCUT2D eigenvalue weighted by Crippen LogP contribution is 2.53. The van der Waals surface area contributed by atoms with Crippen LogP contribution in [-0.4, -0.2) is 13.2 Å². The number of nitrogens with zero attached hydrogens (tertiary/aromatic N) is 1. The lowest BCUT2D eigenvalue weighted by Crippen LogP contribution is -2.34. The summed E-state index contributed by atoms with van der Waals surface area (Å²) in [5, 5.41) is 0.722. The number of aliphatic imine (C=N–C) groups is 1. The van der Waals surface area contributed by atoms with Crippen LogP contribution in [0.4, 0.5) is 0 Å². The standard InChI is InChI=1S/C17H20ClNO2/c1-11-12-6-3-4-7-13(12)15(18)16(21-2)14(11)17(19-10-20)8-5-9-17/h3-9H2,1-2H3. The van der Waals surface area contributed by atoms with E-state index >= 15 is 0 Å². The molecule has 0 heterocycles. The SMILES string of the molecule is COc1c(Cl)c2c(c(C)c1C1(N=C=O)CCC1)CCCC2. The van der Waals surface area contributed by atoms with Crippen LogP contribution in [0.3, 0.4) is 0 Å². The second-order valence-electron chi connectivity index (χ2n) is 6.10. The van der Waals surface area contributed by atoms with Gasteiger partial charge in [-0.2, -0.15) is 4.99 Å². The number of hydrogen-bond acceptors (Lipinski definition) is 3. The van der Waals surface area contributed by atoms with Gasteiger partial charge in [0.25, 0.3) is 0 Å². The monoisotopic (exact) mass is 305 g/mol. The van der Waals surface area contributed by atoms with Crippen molar-refractivity contribution >= 4 is 17.7 Å². The summed E-state index contributed by atoms with van der Waals surface area (Å²) >= 11 is 6.63. The Labute approximate surface area is 130 Å². The molecule has 0 bridgehead atoms. The van der Waals surface area contributed by atoms with Crippen LogP contribution in [0.2, 0.25) is 5.02 Å². The number of halogens is 1. The molecular weight excluding hydrogens is 286 g/mol. The molecule has 0 amide bonds. The van der Waals surface area contributed by atoms with Crippen LogP contribution >= 0.6 is 11.6 Å². The van der Waals surface area contributed by atoms with Crippen molar-refractivity contribution < 1.29 is 9.53 Å². The summed E-state index contributed by atoms with van der Waals surface area (Å²) in [7, 11) is 1.65. The Kier molecular flexibility index (Phi) is 3.81. The van der Waals surface area contributed by atoms with Gasteiger partial charge < -0.3 is 4.74 Å². The zero-order valence-electron chi connectivity index (χ0n) is 12.6. The fourth-order valence-electron chi connectivity index (χ4n) is 3.90. The second-order valence-corrected chi connectivity index (χ2v) is 6.48. The van der Waals surface area contributed by atoms with Gasteiger partial charge in [0.2, 0.25) is 6.08 Å². The van der Waals surface area contributed by atoms with Crippen molar-refractivity contribution in [2.24, 2.45) is 4.99 Å². The first-order valence-electron chi connectivity index (χ1n) is 7.62. The minimum absolute atomic E-state index is 0.465. The molecule has 3 rings (SSSR count). The summed E-state index contributed by atoms with van der Waals surface area (Å²) in [6.07, 6.45) is 9.01. The average Bonchev–Trinajstić information content (AvgIpc) is 2.47. The normalized spacial score (nSPS) is 19.2. The zero-order chi connectivity index (χ0) is 15.0. The topological polar surface area (TPSA) is 38.7 Å². The molecule has 2 aliphatic carbocycles. The van der Waals surface area contributed by atoms with E-state index < -0.39 is 5.54 Å². The predicted octanol–water partition coefficient (Wildman–Crippen LogP) is 4.25. The first kappa shape index (κ1) is 14.6. The number of isocyanates is 1. The van der Waals surface area contributed by atoms with E-state index in [1.165, 1.54) is 29.5 Å². The highest BCUT2D eigenvalue weighted by molar-refractivity contribution is 6.33. The van der Waals surface area contributed by atoms with Gasteiger partial charge in [-0.1, -0.05) is 11.6 Å². The molecule has 0 spiro atoms. The van der Waals surface area contributed by atoms with E-state index in [4.69, 9.17) is 16.3 Å². The molecule has 1 fully saturated rings. The predicted molar refractivity (Wildman–Crippen MR) is 83.0 cm³/mol. The van der Waals surface area contributed by atoms with Crippen molar-refractivity contribution in [3.8, 4) is 5.75 Å². The van der Waals surface area contributed by atoms with Crippen LogP contribution in [-0.2, 0) is 23.2 Å². The Morgan fingerprint density at radius 1 is 1.19 bits per heavy atom. The number of ether oxygens (including phenoxy) is 1. The lowest BCUT2D eigenvalue weighted by Gasteiger charge is -2.40. The Morgan fingerprint density at radius 3 is 2.38 bits per heavy atom. The quantitative estimate of drug-likeness (QED) is 0.618. The zero-order valence-corrected chi connectivity index (χ0v) is 13.3. The summed E-state index contributed by atoms with van der Waals surface area (Å²) in [6.45, 7) is 2.12. The fourth-order valence-corrected chi connectivity index (χ4v) is 4.28. The first-order valence-corrected chi connectivity index (χ1v) is 7.99. The van der Waals surface area contributed by atoms with Crippen LogP contribution in [0.1, 0.15) is 54.4 Å². The van der Waals surface area contributed by atoms with Gasteiger partial charge >= 0.3 is 0 Å². The smallest absolute Gasteiger partial charge is 0.235 e. The third kappa shape index (κ3) is 2.11. The number of methoxy groups -OCH3 is 1. The molecule has 0 aromatic heterocycles. The van der Waals surface area contributed by atoms with Crippen LogP contribution < -0.4 is 4.74 Å². The molecule has 2 aliphatic rings. The Morgan fingerprint density at radius 2 is 1.86 bits per heavy atom. The molecule has 0 aliphatic heterocycles. The third-order valence-corrected chi connectivity index (χ3v) is 5.50. The van der Waals surface area contributed by atoms with Gasteiger partial charge in [-0.15, -0.1) is 0 Å². The molecule has 0 radical (unpaired) electrons. The maximum absolute atomic E-state index is 10.9. The largest absolute Gasteiger partial charge is 0.495 e. The second kappa shape index (κ2) is 5.47. The first-order chi connectivity index (χ1) is 10.1. The van der Waals surface area contributed by atoms with Crippen molar-refractivity contribution in [2.75, 3.05) is 7.11 Å². The summed E-state index contributed by atoms with van der Waals surface area (Å²) in [6, 6.07) is 0. The number of hydrogen-bond donors (Lipinski definition) is 0. The van der Waals surface area contributed by atoms with Crippen molar-refractivity contribution in [1.29, 1.82) is 0 Å². The minimum atomic E-state index is -0.465. The lowest BCUT2D eigenvalue weighted by atomic mass is 9.69. The van der Waals surface area contributed by atoms with Crippen molar-refractivity contribution in [3.05, 3.63) is 27.3 Å². The average molecular weight is 306 g/mol. The number of rotatable bonds is 3. The highest BCUT2D eigenvalue weighted by Gasteiger charge is 2.44. The Hall–Kier alpha value is -1.31. The molecule has 0 atom stereocenters. The van der Waals surface area contributed by atoms with Crippen LogP contribution in [0.15, 0.2) is 4.99 Å². The van der Waals surface area contributed by atoms with Gasteiger partial charge in [-0.25, -0.2) is 4.79 Å². The summed E-state index contributed by atoms with van der Waals surface area (Å²) in [4.78, 5) is 15.1. The van der Waals surface area contributed by atoms with Gasteiger partial charge in [0.1, 0.15) is 11.3 Å². The molecule has 0 N–H and O–H groups in total. The summed E-state index contributed by atoms with van der Waals surface area (Å²) in [5.74, 6) is 0.716. The van der Waals surface area contributed by atoms with Crippen LogP contribution in [0.5, 0.6) is 5.75 Å². The van der Waals surface area contributed by atoms with Crippen LogP contribution in [0, 0.1) is 6.92 Å². The fraction of sp³-hybridized carbons (Fsp3) is 0.588. The van der Waals surface area contributed by atoms with E-state index in [0.717, 1.165) is 42.7 Å². The summed E-state index contributed by atoms with van der Waals surface area (Å²) < 4.78 is 5.63. The van der Waals surface area contributed by atoms with E-state index in [-0.39, 0.29) is 0 Å². The van der Waals surface area contributed by atoms with Crippen LogP contribution in [0.25, 0.3) is 0 Å². The van der Waals surface area contributed by atoms with E-state index in [0.29, 0.717) is 5.75 Å². The molecular formula is C17H20ClNO2. The Balaban J connectivity index is 2.29. The number of fused-ring (bicyclic) bond motifs is 1. The molecule has 4 heteroatoms. The lowest BCUT2D eigenvalue weighted by molar-refractivity contribution is 0.244. The van der Waals surface area contributed by atoms with Gasteiger partial charge in [-0.3, -0.25) is 0 Å². The summed E-state index contributed by atoms with van der Waals surface area (Å²) in [5.41, 5.74) is 4.34. The molecule has 1 saturated carbocycles.